The number of morpholine rings is 1. The third kappa shape index (κ3) is 2.85. The quantitative estimate of drug-likeness (QED) is 0.630. The van der Waals surface area contributed by atoms with Crippen molar-refractivity contribution >= 4 is 27.7 Å². The Kier molecular flexibility index (Phi) is 3.80. The molecular weight excluding hydrogens is 286 g/mol. The highest BCUT2D eigenvalue weighted by Gasteiger charge is 2.24. The lowest BCUT2D eigenvalue weighted by molar-refractivity contribution is -0.00550. The van der Waals surface area contributed by atoms with Crippen LogP contribution in [0.1, 0.15) is 13.8 Å². The van der Waals surface area contributed by atoms with Crippen LogP contribution >= 0.6 is 15.9 Å². The maximum absolute atomic E-state index is 5.69. The Morgan fingerprint density at radius 1 is 1.47 bits per heavy atom. The highest BCUT2D eigenvalue weighted by Crippen LogP contribution is 2.26. The number of aromatic nitrogens is 2. The molecule has 7 heteroatoms. The van der Waals surface area contributed by atoms with E-state index in [4.69, 9.17) is 10.6 Å². The fourth-order valence-electron chi connectivity index (χ4n) is 2.00. The number of nitrogens with one attached hydrogen (secondary N) is 1. The van der Waals surface area contributed by atoms with Gasteiger partial charge in [0.25, 0.3) is 0 Å². The molecule has 3 N–H and O–H groups in total. The molecule has 0 amide bonds. The molecule has 1 aliphatic rings. The molecule has 6 nitrogen and oxygen atoms in total. The zero-order valence-electron chi connectivity index (χ0n) is 9.85. The molecule has 0 spiro atoms. The van der Waals surface area contributed by atoms with Gasteiger partial charge in [-0.15, -0.1) is 0 Å². The summed E-state index contributed by atoms with van der Waals surface area (Å²) in [6.07, 6.45) is 2.08. The van der Waals surface area contributed by atoms with Crippen molar-refractivity contribution in [1.29, 1.82) is 0 Å². The molecule has 1 fully saturated rings. The first-order valence-electron chi connectivity index (χ1n) is 5.49. The van der Waals surface area contributed by atoms with Gasteiger partial charge in [0.05, 0.1) is 16.7 Å². The second-order valence-electron chi connectivity index (χ2n) is 4.17. The molecule has 94 valence electrons. The molecule has 2 rings (SSSR count). The largest absolute Gasteiger partial charge is 0.372 e. The minimum atomic E-state index is 0.190. The second-order valence-corrected chi connectivity index (χ2v) is 5.03. The van der Waals surface area contributed by atoms with E-state index in [9.17, 15) is 0 Å². The molecule has 1 aromatic rings. The number of hydrogen-bond donors (Lipinski definition) is 2. The van der Waals surface area contributed by atoms with Crippen molar-refractivity contribution < 1.29 is 4.74 Å². The molecule has 0 radical (unpaired) electrons. The van der Waals surface area contributed by atoms with Crippen molar-refractivity contribution in [3.8, 4) is 0 Å². The van der Waals surface area contributed by atoms with Crippen LogP contribution in [-0.4, -0.2) is 35.3 Å². The van der Waals surface area contributed by atoms with Crippen LogP contribution in [0.5, 0.6) is 0 Å². The van der Waals surface area contributed by atoms with E-state index in [2.05, 4.69) is 50.1 Å². The van der Waals surface area contributed by atoms with Gasteiger partial charge in [-0.3, -0.25) is 5.43 Å². The molecule has 0 aromatic carbocycles. The van der Waals surface area contributed by atoms with E-state index in [0.29, 0.717) is 5.95 Å². The van der Waals surface area contributed by atoms with Gasteiger partial charge in [-0.05, 0) is 29.8 Å². The predicted octanol–water partition coefficient (Wildman–Crippen LogP) is 1.14. The van der Waals surface area contributed by atoms with Crippen molar-refractivity contribution in [3.05, 3.63) is 10.7 Å². The third-order valence-corrected chi connectivity index (χ3v) is 3.13. The van der Waals surface area contributed by atoms with Gasteiger partial charge in [-0.2, -0.15) is 4.98 Å². The lowest BCUT2D eigenvalue weighted by Crippen LogP contribution is -2.46. The molecule has 0 saturated carbocycles. The fraction of sp³-hybridized carbons (Fsp3) is 0.600. The smallest absolute Gasteiger partial charge is 0.239 e. The lowest BCUT2D eigenvalue weighted by Gasteiger charge is -2.36. The second kappa shape index (κ2) is 5.16. The normalized spacial score (nSPS) is 24.8. The standard InChI is InChI=1S/C10H16BrN5O/c1-6-4-16(5-7(2)17-6)9-8(11)3-13-10(14-9)15-12/h3,6-7H,4-5,12H2,1-2H3,(H,13,14,15). The Balaban J connectivity index is 2.26. The average Bonchev–Trinajstić information content (AvgIpc) is 2.28. The molecule has 0 aliphatic carbocycles. The summed E-state index contributed by atoms with van der Waals surface area (Å²) < 4.78 is 6.55. The molecule has 1 aromatic heterocycles. The number of halogens is 1. The molecule has 2 unspecified atom stereocenters. The van der Waals surface area contributed by atoms with Crippen molar-refractivity contribution in [1.82, 2.24) is 9.97 Å². The first-order chi connectivity index (χ1) is 8.10. The average molecular weight is 302 g/mol. The summed E-state index contributed by atoms with van der Waals surface area (Å²) in [5.74, 6) is 6.57. The lowest BCUT2D eigenvalue weighted by atomic mass is 10.2. The number of anilines is 2. The first-order valence-corrected chi connectivity index (χ1v) is 6.29. The molecule has 2 heterocycles. The monoisotopic (exact) mass is 301 g/mol. The third-order valence-electron chi connectivity index (χ3n) is 2.57. The maximum atomic E-state index is 5.69. The minimum Gasteiger partial charge on any atom is -0.372 e. The molecule has 17 heavy (non-hydrogen) atoms. The van der Waals surface area contributed by atoms with Crippen LogP contribution in [0.2, 0.25) is 0 Å². The summed E-state index contributed by atoms with van der Waals surface area (Å²) >= 11 is 3.46. The summed E-state index contributed by atoms with van der Waals surface area (Å²) in [5.41, 5.74) is 2.46. The van der Waals surface area contributed by atoms with E-state index in [-0.39, 0.29) is 12.2 Å². The van der Waals surface area contributed by atoms with Gasteiger partial charge in [0.1, 0.15) is 5.82 Å². The van der Waals surface area contributed by atoms with E-state index in [1.807, 2.05) is 0 Å². The van der Waals surface area contributed by atoms with E-state index < -0.39 is 0 Å². The highest BCUT2D eigenvalue weighted by molar-refractivity contribution is 9.10. The molecule has 1 saturated heterocycles. The van der Waals surface area contributed by atoms with Crippen LogP contribution in [0.3, 0.4) is 0 Å². The Labute approximate surface area is 109 Å². The SMILES string of the molecule is CC1CN(c2nc(NN)ncc2Br)CC(C)O1. The Hall–Kier alpha value is -0.920. The summed E-state index contributed by atoms with van der Waals surface area (Å²) in [5, 5.41) is 0. The molecule has 0 bridgehead atoms. The van der Waals surface area contributed by atoms with Crippen molar-refractivity contribution in [2.45, 2.75) is 26.1 Å². The van der Waals surface area contributed by atoms with Gasteiger partial charge < -0.3 is 9.64 Å². The number of nitrogens with zero attached hydrogens (tertiary/aromatic N) is 3. The number of ether oxygens (including phenoxy) is 1. The van der Waals surface area contributed by atoms with Crippen LogP contribution in [-0.2, 0) is 4.74 Å². The molecule has 1 aliphatic heterocycles. The predicted molar refractivity (Wildman–Crippen MR) is 69.8 cm³/mol. The fourth-order valence-corrected chi connectivity index (χ4v) is 2.44. The molecular formula is C10H16BrN5O. The van der Waals surface area contributed by atoms with Gasteiger partial charge in [0, 0.05) is 19.3 Å². The summed E-state index contributed by atoms with van der Waals surface area (Å²) in [6, 6.07) is 0. The number of hydrazine groups is 1. The topological polar surface area (TPSA) is 76.3 Å². The maximum Gasteiger partial charge on any atom is 0.239 e. The number of nitrogens with two attached hydrogens (primary N) is 1. The van der Waals surface area contributed by atoms with Gasteiger partial charge in [0.15, 0.2) is 0 Å². The van der Waals surface area contributed by atoms with E-state index in [1.165, 1.54) is 0 Å². The number of nitrogen functional groups attached to an aromatic ring is 1. The number of rotatable bonds is 2. The van der Waals surface area contributed by atoms with Gasteiger partial charge in [0.2, 0.25) is 5.95 Å². The highest BCUT2D eigenvalue weighted by atomic mass is 79.9. The summed E-state index contributed by atoms with van der Waals surface area (Å²) in [4.78, 5) is 10.6. The van der Waals surface area contributed by atoms with Crippen molar-refractivity contribution in [3.63, 3.8) is 0 Å². The first kappa shape index (κ1) is 12.5. The zero-order valence-corrected chi connectivity index (χ0v) is 11.4. The number of hydrogen-bond acceptors (Lipinski definition) is 6. The van der Waals surface area contributed by atoms with Crippen LogP contribution in [0, 0.1) is 0 Å². The Morgan fingerprint density at radius 2 is 2.12 bits per heavy atom. The van der Waals surface area contributed by atoms with Crippen LogP contribution in [0.25, 0.3) is 0 Å². The van der Waals surface area contributed by atoms with E-state index in [1.54, 1.807) is 6.20 Å². The van der Waals surface area contributed by atoms with Crippen LogP contribution in [0.15, 0.2) is 10.7 Å². The van der Waals surface area contributed by atoms with Crippen molar-refractivity contribution in [2.75, 3.05) is 23.4 Å². The van der Waals surface area contributed by atoms with Crippen LogP contribution in [0.4, 0.5) is 11.8 Å². The van der Waals surface area contributed by atoms with Gasteiger partial charge in [-0.25, -0.2) is 10.8 Å². The van der Waals surface area contributed by atoms with E-state index >= 15 is 0 Å². The summed E-state index contributed by atoms with van der Waals surface area (Å²) in [7, 11) is 0. The van der Waals surface area contributed by atoms with E-state index in [0.717, 1.165) is 23.4 Å². The minimum absolute atomic E-state index is 0.190. The van der Waals surface area contributed by atoms with Crippen molar-refractivity contribution in [2.24, 2.45) is 5.84 Å². The zero-order chi connectivity index (χ0) is 12.4. The molecule has 2 atom stereocenters. The van der Waals surface area contributed by atoms with Gasteiger partial charge in [-0.1, -0.05) is 0 Å². The Bertz CT molecular complexity index is 392. The van der Waals surface area contributed by atoms with Gasteiger partial charge >= 0.3 is 0 Å². The summed E-state index contributed by atoms with van der Waals surface area (Å²) in [6.45, 7) is 5.73. The van der Waals surface area contributed by atoms with Crippen LogP contribution < -0.4 is 16.2 Å². The Morgan fingerprint density at radius 3 is 2.71 bits per heavy atom.